The first-order chi connectivity index (χ1) is 12.9. The molecule has 2 heterocycles. The van der Waals surface area contributed by atoms with Crippen molar-refractivity contribution in [2.24, 2.45) is 0 Å². The van der Waals surface area contributed by atoms with Crippen LogP contribution in [0.2, 0.25) is 0 Å². The summed E-state index contributed by atoms with van der Waals surface area (Å²) in [4.78, 5) is 12.5. The van der Waals surface area contributed by atoms with Crippen LogP contribution < -0.4 is 5.32 Å². The maximum atomic E-state index is 12.2. The summed E-state index contributed by atoms with van der Waals surface area (Å²) in [6, 6.07) is 7.80. The van der Waals surface area contributed by atoms with Gasteiger partial charge in [0.25, 0.3) is 5.91 Å². The normalized spacial score (nSPS) is 11.5. The molecule has 0 unspecified atom stereocenters. The first-order valence-corrected chi connectivity index (χ1v) is 10.8. The number of sulfone groups is 1. The van der Waals surface area contributed by atoms with Gasteiger partial charge in [-0.3, -0.25) is 10.1 Å². The molecule has 0 aliphatic heterocycles. The van der Waals surface area contributed by atoms with Crippen LogP contribution in [0.1, 0.15) is 35.8 Å². The zero-order valence-corrected chi connectivity index (χ0v) is 16.4. The molecule has 0 bridgehead atoms. The fourth-order valence-corrected chi connectivity index (χ4v) is 4.34. The second-order valence-electron chi connectivity index (χ2n) is 5.73. The van der Waals surface area contributed by atoms with Crippen LogP contribution in [0.25, 0.3) is 11.3 Å². The summed E-state index contributed by atoms with van der Waals surface area (Å²) in [5.41, 5.74) is 0.724. The molecule has 1 aromatic carbocycles. The van der Waals surface area contributed by atoms with Crippen molar-refractivity contribution in [3.05, 3.63) is 41.0 Å². The molecule has 0 atom stereocenters. The van der Waals surface area contributed by atoms with Crippen molar-refractivity contribution in [2.75, 3.05) is 11.1 Å². The number of aryl methyl sites for hydroxylation is 1. The minimum absolute atomic E-state index is 0.0981. The summed E-state index contributed by atoms with van der Waals surface area (Å²) >= 11 is 1.30. The molecule has 2 aromatic heterocycles. The van der Waals surface area contributed by atoms with Gasteiger partial charge in [0.1, 0.15) is 5.01 Å². The highest BCUT2D eigenvalue weighted by Crippen LogP contribution is 2.24. The number of carbonyl (C=O) groups excluding carboxylic acids is 1. The molecule has 0 saturated heterocycles. The van der Waals surface area contributed by atoms with Crippen LogP contribution >= 0.6 is 11.3 Å². The summed E-state index contributed by atoms with van der Waals surface area (Å²) in [6.07, 6.45) is 1.30. The summed E-state index contributed by atoms with van der Waals surface area (Å²) in [5.74, 6) is 0.0155. The van der Waals surface area contributed by atoms with Crippen LogP contribution in [0.4, 0.5) is 5.13 Å². The van der Waals surface area contributed by atoms with E-state index in [1.165, 1.54) is 29.5 Å². The van der Waals surface area contributed by atoms with E-state index < -0.39 is 15.7 Å². The molecule has 0 spiro atoms. The first-order valence-electron chi connectivity index (χ1n) is 8.36. The lowest BCUT2D eigenvalue weighted by Gasteiger charge is -2.03. The van der Waals surface area contributed by atoms with Crippen LogP contribution in [0.3, 0.4) is 0 Å². The van der Waals surface area contributed by atoms with Crippen LogP contribution in [0.5, 0.6) is 0 Å². The largest absolute Gasteiger partial charge is 0.355 e. The number of carbonyl (C=O) groups is 1. The number of benzene rings is 1. The minimum Gasteiger partial charge on any atom is -0.355 e. The van der Waals surface area contributed by atoms with Gasteiger partial charge in [-0.1, -0.05) is 30.3 Å². The zero-order chi connectivity index (χ0) is 19.4. The molecule has 0 saturated carbocycles. The lowest BCUT2D eigenvalue weighted by atomic mass is 10.1. The molecule has 3 aromatic rings. The van der Waals surface area contributed by atoms with Crippen LogP contribution in [0.15, 0.2) is 39.8 Å². The highest BCUT2D eigenvalue weighted by Gasteiger charge is 2.17. The fraction of sp³-hybridized carbons (Fsp3) is 0.294. The molecule has 0 aliphatic rings. The Bertz CT molecular complexity index is 1040. The van der Waals surface area contributed by atoms with Gasteiger partial charge in [-0.05, 0) is 37.1 Å². The number of aromatic nitrogens is 3. The van der Waals surface area contributed by atoms with E-state index in [-0.39, 0.29) is 16.3 Å². The van der Waals surface area contributed by atoms with Crippen LogP contribution in [0, 0.1) is 0 Å². The van der Waals surface area contributed by atoms with Crippen molar-refractivity contribution < 1.29 is 17.7 Å². The highest BCUT2D eigenvalue weighted by atomic mass is 32.2. The van der Waals surface area contributed by atoms with E-state index in [4.69, 9.17) is 4.52 Å². The molecule has 27 heavy (non-hydrogen) atoms. The van der Waals surface area contributed by atoms with Gasteiger partial charge in [-0.25, -0.2) is 8.42 Å². The van der Waals surface area contributed by atoms with E-state index in [0.717, 1.165) is 11.4 Å². The lowest BCUT2D eigenvalue weighted by molar-refractivity contribution is 0.101. The van der Waals surface area contributed by atoms with Crippen molar-refractivity contribution in [1.29, 1.82) is 0 Å². The highest BCUT2D eigenvalue weighted by molar-refractivity contribution is 7.91. The van der Waals surface area contributed by atoms with Crippen molar-refractivity contribution in [2.45, 2.75) is 31.6 Å². The van der Waals surface area contributed by atoms with E-state index >= 15 is 0 Å². The molecule has 10 heteroatoms. The van der Waals surface area contributed by atoms with Gasteiger partial charge in [-0.15, -0.1) is 10.2 Å². The predicted molar refractivity (Wildman–Crippen MR) is 102 cm³/mol. The summed E-state index contributed by atoms with van der Waals surface area (Å²) in [6.45, 7) is 3.77. The average molecular weight is 406 g/mol. The molecule has 142 valence electrons. The molecular formula is C17H18N4O4S2. The van der Waals surface area contributed by atoms with Crippen molar-refractivity contribution >= 4 is 32.2 Å². The van der Waals surface area contributed by atoms with Gasteiger partial charge in [0.2, 0.25) is 5.13 Å². The number of rotatable bonds is 7. The third kappa shape index (κ3) is 4.40. The van der Waals surface area contributed by atoms with Gasteiger partial charge in [0, 0.05) is 11.6 Å². The molecule has 3 rings (SSSR count). The van der Waals surface area contributed by atoms with E-state index in [1.54, 1.807) is 12.1 Å². The Labute approximate surface area is 160 Å². The lowest BCUT2D eigenvalue weighted by Crippen LogP contribution is -2.11. The van der Waals surface area contributed by atoms with Crippen LogP contribution in [-0.2, 0) is 16.3 Å². The van der Waals surface area contributed by atoms with Gasteiger partial charge in [0.05, 0.1) is 10.6 Å². The predicted octanol–water partition coefficient (Wildman–Crippen LogP) is 3.19. The van der Waals surface area contributed by atoms with E-state index in [9.17, 15) is 13.2 Å². The van der Waals surface area contributed by atoms with E-state index in [2.05, 4.69) is 20.7 Å². The monoisotopic (exact) mass is 406 g/mol. The van der Waals surface area contributed by atoms with E-state index in [1.807, 2.05) is 13.8 Å². The summed E-state index contributed by atoms with van der Waals surface area (Å²) in [5, 5.41) is 15.4. The fourth-order valence-electron chi connectivity index (χ4n) is 2.34. The Hall–Kier alpha value is -2.59. The number of anilines is 1. The van der Waals surface area contributed by atoms with Crippen molar-refractivity contribution in [3.63, 3.8) is 0 Å². The number of hydrogen-bond acceptors (Lipinski definition) is 8. The first kappa shape index (κ1) is 19.2. The number of amides is 1. The Kier molecular flexibility index (Phi) is 5.66. The molecule has 1 amide bonds. The molecule has 0 radical (unpaired) electrons. The standard InChI is InChI=1S/C17H18N4O4S2/c1-3-9-27(23,24)12-7-5-11(6-8-12)14-10-13(21-25-14)16(22)18-17-20-19-15(4-2)26-17/h5-8,10H,3-4,9H2,1-2H3,(H,18,20,22). The molecule has 0 fully saturated rings. The summed E-state index contributed by atoms with van der Waals surface area (Å²) < 4.78 is 29.4. The third-order valence-electron chi connectivity index (χ3n) is 3.70. The quantitative estimate of drug-likeness (QED) is 0.640. The SMILES string of the molecule is CCCS(=O)(=O)c1ccc(-c2cc(C(=O)Nc3nnc(CC)s3)no2)cc1. The molecule has 0 aliphatic carbocycles. The number of nitrogens with one attached hydrogen (secondary N) is 1. The number of hydrogen-bond donors (Lipinski definition) is 1. The Morgan fingerprint density at radius 1 is 1.19 bits per heavy atom. The molecule has 1 N–H and O–H groups in total. The Balaban J connectivity index is 1.74. The minimum atomic E-state index is -3.27. The maximum Gasteiger partial charge on any atom is 0.279 e. The zero-order valence-electron chi connectivity index (χ0n) is 14.8. The van der Waals surface area contributed by atoms with Gasteiger partial charge in [-0.2, -0.15) is 0 Å². The van der Waals surface area contributed by atoms with Gasteiger partial charge >= 0.3 is 0 Å². The summed E-state index contributed by atoms with van der Waals surface area (Å²) in [7, 11) is -3.27. The second kappa shape index (κ2) is 7.97. The van der Waals surface area contributed by atoms with Crippen LogP contribution in [-0.4, -0.2) is 35.4 Å². The van der Waals surface area contributed by atoms with E-state index in [0.29, 0.717) is 22.9 Å². The average Bonchev–Trinajstić information content (AvgIpc) is 3.31. The van der Waals surface area contributed by atoms with Crippen molar-refractivity contribution in [3.8, 4) is 11.3 Å². The molecule has 8 nitrogen and oxygen atoms in total. The van der Waals surface area contributed by atoms with Gasteiger partial charge in [0.15, 0.2) is 21.3 Å². The molecular weight excluding hydrogens is 388 g/mol. The topological polar surface area (TPSA) is 115 Å². The van der Waals surface area contributed by atoms with Crippen molar-refractivity contribution in [1.82, 2.24) is 15.4 Å². The Morgan fingerprint density at radius 3 is 2.56 bits per heavy atom. The smallest absolute Gasteiger partial charge is 0.279 e. The third-order valence-corrected chi connectivity index (χ3v) is 6.62. The van der Waals surface area contributed by atoms with Gasteiger partial charge < -0.3 is 4.52 Å². The second-order valence-corrected chi connectivity index (χ2v) is 8.90. The Morgan fingerprint density at radius 2 is 1.93 bits per heavy atom. The maximum absolute atomic E-state index is 12.2. The number of nitrogens with zero attached hydrogens (tertiary/aromatic N) is 3.